The number of piperidine rings is 1. The van der Waals surface area contributed by atoms with Gasteiger partial charge in [-0.3, -0.25) is 14.7 Å². The molecule has 4 heterocycles. The molecule has 8 nitrogen and oxygen atoms in total. The molecule has 1 N–H and O–H groups in total. The van der Waals surface area contributed by atoms with E-state index in [-0.39, 0.29) is 0 Å². The molecule has 0 radical (unpaired) electrons. The zero-order chi connectivity index (χ0) is 27.7. The molecular formula is C29H32F2N6O2. The maximum absolute atomic E-state index is 14.1. The molecule has 0 spiro atoms. The van der Waals surface area contributed by atoms with Gasteiger partial charge in [0.05, 0.1) is 23.4 Å². The third-order valence-corrected chi connectivity index (χ3v) is 7.39. The van der Waals surface area contributed by atoms with E-state index in [0.717, 1.165) is 55.7 Å². The van der Waals surface area contributed by atoms with E-state index in [2.05, 4.69) is 26.1 Å². The average molecular weight is 535 g/mol. The summed E-state index contributed by atoms with van der Waals surface area (Å²) in [4.78, 5) is 21.2. The molecule has 5 rings (SSSR count). The Kier molecular flexibility index (Phi) is 7.42. The molecule has 39 heavy (non-hydrogen) atoms. The molecule has 10 heteroatoms. The molecule has 1 saturated heterocycles. The molecule has 204 valence electrons. The van der Waals surface area contributed by atoms with Crippen molar-refractivity contribution in [3.05, 3.63) is 95.1 Å². The quantitative estimate of drug-likeness (QED) is 0.384. The molecule has 1 aliphatic heterocycles. The van der Waals surface area contributed by atoms with E-state index in [4.69, 9.17) is 0 Å². The topological polar surface area (TPSA) is 86.9 Å². The number of hydrogen-bond donors (Lipinski definition) is 1. The first-order valence-electron chi connectivity index (χ1n) is 13.0. The predicted molar refractivity (Wildman–Crippen MR) is 142 cm³/mol. The normalized spacial score (nSPS) is 15.9. The third kappa shape index (κ3) is 5.67. The van der Waals surface area contributed by atoms with Gasteiger partial charge in [0.2, 0.25) is 0 Å². The van der Waals surface area contributed by atoms with Crippen LogP contribution in [0.25, 0.3) is 5.52 Å². The van der Waals surface area contributed by atoms with Crippen molar-refractivity contribution in [3.8, 4) is 0 Å². The van der Waals surface area contributed by atoms with Crippen LogP contribution in [0.1, 0.15) is 61.0 Å². The van der Waals surface area contributed by atoms with Crippen LogP contribution in [0.4, 0.5) is 8.78 Å². The fourth-order valence-electron chi connectivity index (χ4n) is 5.34. The lowest BCUT2D eigenvalue weighted by molar-refractivity contribution is -0.148. The Balaban J connectivity index is 1.29. The first kappa shape index (κ1) is 26.8. The van der Waals surface area contributed by atoms with Gasteiger partial charge in [-0.05, 0) is 87.2 Å². The van der Waals surface area contributed by atoms with Gasteiger partial charge in [0, 0.05) is 31.5 Å². The summed E-state index contributed by atoms with van der Waals surface area (Å²) >= 11 is 0. The van der Waals surface area contributed by atoms with E-state index in [1.54, 1.807) is 23.1 Å². The fraction of sp³-hybridized carbons (Fsp3) is 0.379. The Morgan fingerprint density at radius 2 is 1.87 bits per heavy atom. The second-order valence-corrected chi connectivity index (χ2v) is 10.7. The summed E-state index contributed by atoms with van der Waals surface area (Å²) in [6.45, 7) is 5.37. The van der Waals surface area contributed by atoms with Crippen LogP contribution in [0.2, 0.25) is 0 Å². The van der Waals surface area contributed by atoms with Crippen molar-refractivity contribution in [3.63, 3.8) is 0 Å². The Morgan fingerprint density at radius 1 is 1.10 bits per heavy atom. The smallest absolute Gasteiger partial charge is 0.254 e. The van der Waals surface area contributed by atoms with Gasteiger partial charge in [0.25, 0.3) is 5.91 Å². The molecule has 4 aromatic rings. The molecule has 1 aliphatic rings. The van der Waals surface area contributed by atoms with Crippen molar-refractivity contribution in [1.29, 1.82) is 0 Å². The van der Waals surface area contributed by atoms with Crippen LogP contribution < -0.4 is 0 Å². The first-order valence-corrected chi connectivity index (χ1v) is 13.0. The van der Waals surface area contributed by atoms with Crippen LogP contribution in [0.3, 0.4) is 0 Å². The molecule has 0 saturated carbocycles. The lowest BCUT2D eigenvalue weighted by Crippen LogP contribution is -2.45. The minimum absolute atomic E-state index is 0.360. The van der Waals surface area contributed by atoms with Crippen molar-refractivity contribution in [2.24, 2.45) is 0 Å². The van der Waals surface area contributed by atoms with Gasteiger partial charge in [-0.15, -0.1) is 0 Å². The molecule has 0 bridgehead atoms. The van der Waals surface area contributed by atoms with E-state index in [1.165, 1.54) is 37.4 Å². The molecule has 1 amide bonds. The summed E-state index contributed by atoms with van der Waals surface area (Å²) in [5.74, 6) is -2.11. The zero-order valence-electron chi connectivity index (χ0n) is 22.3. The van der Waals surface area contributed by atoms with Gasteiger partial charge in [-0.25, -0.2) is 8.78 Å². The maximum Gasteiger partial charge on any atom is 0.254 e. The van der Waals surface area contributed by atoms with Crippen molar-refractivity contribution in [2.45, 2.75) is 50.8 Å². The lowest BCUT2D eigenvalue weighted by Gasteiger charge is -2.33. The standard InChI is InChI=1S/C29H32F2N6O2/c1-29(2,39)28(38)35(3)27(21-7-8-23(30)24(31)15-21)25-9-6-19(16-32-25)18-36-13-10-20(11-14-36)22-17-34-37-26(22)5-4-12-33-37/h4-9,12,15-17,20,27,39H,10-11,13-14,18H2,1-3H3. The van der Waals surface area contributed by atoms with Gasteiger partial charge < -0.3 is 10.0 Å². The summed E-state index contributed by atoms with van der Waals surface area (Å²) in [7, 11) is 1.52. The number of carbonyl (C=O) groups is 1. The van der Waals surface area contributed by atoms with Crippen molar-refractivity contribution < 1.29 is 18.7 Å². The minimum atomic E-state index is -1.64. The van der Waals surface area contributed by atoms with Gasteiger partial charge in [-0.1, -0.05) is 12.1 Å². The number of fused-ring (bicyclic) bond motifs is 1. The summed E-state index contributed by atoms with van der Waals surface area (Å²) in [6, 6.07) is 10.4. The van der Waals surface area contributed by atoms with Crippen molar-refractivity contribution in [1.82, 2.24) is 29.6 Å². The number of hydrogen-bond acceptors (Lipinski definition) is 6. The van der Waals surface area contributed by atoms with Crippen LogP contribution in [0, 0.1) is 11.6 Å². The predicted octanol–water partition coefficient (Wildman–Crippen LogP) is 4.10. The second-order valence-electron chi connectivity index (χ2n) is 10.7. The summed E-state index contributed by atoms with van der Waals surface area (Å²) in [5, 5.41) is 18.9. The summed E-state index contributed by atoms with van der Waals surface area (Å²) in [6.07, 6.45) is 7.45. The molecule has 1 atom stereocenters. The number of rotatable bonds is 7. The van der Waals surface area contributed by atoms with E-state index in [9.17, 15) is 18.7 Å². The molecule has 3 aromatic heterocycles. The zero-order valence-corrected chi connectivity index (χ0v) is 22.3. The number of benzene rings is 1. The van der Waals surface area contributed by atoms with Gasteiger partial charge in [0.15, 0.2) is 11.6 Å². The number of halogens is 2. The number of pyridine rings is 1. The highest BCUT2D eigenvalue weighted by Crippen LogP contribution is 2.32. The number of aromatic nitrogens is 4. The Hall–Kier alpha value is -3.76. The fourth-order valence-corrected chi connectivity index (χ4v) is 5.34. The van der Waals surface area contributed by atoms with E-state index in [0.29, 0.717) is 17.2 Å². The van der Waals surface area contributed by atoms with Crippen LogP contribution in [-0.2, 0) is 11.3 Å². The average Bonchev–Trinajstić information content (AvgIpc) is 3.35. The minimum Gasteiger partial charge on any atom is -0.381 e. The highest BCUT2D eigenvalue weighted by Gasteiger charge is 2.34. The molecular weight excluding hydrogens is 502 g/mol. The molecule has 1 fully saturated rings. The van der Waals surface area contributed by atoms with Crippen LogP contribution >= 0.6 is 0 Å². The first-order chi connectivity index (χ1) is 18.6. The third-order valence-electron chi connectivity index (χ3n) is 7.39. The summed E-state index contributed by atoms with van der Waals surface area (Å²) in [5.41, 5.74) is 2.51. The molecule has 0 aliphatic carbocycles. The number of amides is 1. The molecule has 1 aromatic carbocycles. The number of carbonyl (C=O) groups excluding carboxylic acids is 1. The largest absolute Gasteiger partial charge is 0.381 e. The number of likely N-dealkylation sites (N-methyl/N-ethyl adjacent to an activating group) is 1. The summed E-state index contributed by atoms with van der Waals surface area (Å²) < 4.78 is 29.4. The number of likely N-dealkylation sites (tertiary alicyclic amines) is 1. The highest BCUT2D eigenvalue weighted by molar-refractivity contribution is 5.84. The number of nitrogens with zero attached hydrogens (tertiary/aromatic N) is 6. The Morgan fingerprint density at radius 3 is 2.54 bits per heavy atom. The molecule has 1 unspecified atom stereocenters. The Bertz CT molecular complexity index is 1460. The lowest BCUT2D eigenvalue weighted by atomic mass is 9.90. The second kappa shape index (κ2) is 10.8. The van der Waals surface area contributed by atoms with Crippen molar-refractivity contribution >= 4 is 11.4 Å². The van der Waals surface area contributed by atoms with Crippen LogP contribution in [-0.4, -0.2) is 66.4 Å². The van der Waals surface area contributed by atoms with Crippen molar-refractivity contribution in [2.75, 3.05) is 20.1 Å². The van der Waals surface area contributed by atoms with Gasteiger partial charge in [-0.2, -0.15) is 14.8 Å². The van der Waals surface area contributed by atoms with E-state index < -0.39 is 29.2 Å². The monoisotopic (exact) mass is 534 g/mol. The highest BCUT2D eigenvalue weighted by atomic mass is 19.2. The number of aliphatic hydroxyl groups is 1. The van der Waals surface area contributed by atoms with Crippen LogP contribution in [0.15, 0.2) is 61.1 Å². The van der Waals surface area contributed by atoms with E-state index >= 15 is 0 Å². The van der Waals surface area contributed by atoms with Gasteiger partial charge >= 0.3 is 0 Å². The van der Waals surface area contributed by atoms with Crippen LogP contribution in [0.5, 0.6) is 0 Å². The van der Waals surface area contributed by atoms with E-state index in [1.807, 2.05) is 18.3 Å². The Labute approximate surface area is 225 Å². The SMILES string of the molecule is CN(C(=O)C(C)(C)O)C(c1ccc(F)c(F)c1)c1ccc(CN2CCC(c3cnn4ncccc34)CC2)cn1. The maximum atomic E-state index is 14.1. The van der Waals surface area contributed by atoms with Gasteiger partial charge in [0.1, 0.15) is 5.60 Å².